The fraction of sp³-hybridized carbons (Fsp3) is 0.753. The summed E-state index contributed by atoms with van der Waals surface area (Å²) in [7, 11) is 0. The summed E-state index contributed by atoms with van der Waals surface area (Å²) in [5, 5.41) is 31.7. The molecule has 6 atom stereocenters. The number of hydrogen-bond donors (Lipinski definition) is 3. The molecule has 0 aliphatic carbocycles. The molecule has 0 aromatic rings. The lowest BCUT2D eigenvalue weighted by molar-refractivity contribution is -0.301. The van der Waals surface area contributed by atoms with E-state index in [0.717, 1.165) is 89.9 Å². The molecular formula is C73H124O12. The van der Waals surface area contributed by atoms with E-state index < -0.39 is 67.3 Å². The van der Waals surface area contributed by atoms with Gasteiger partial charge in [0.15, 0.2) is 24.6 Å². The molecule has 0 radical (unpaired) electrons. The van der Waals surface area contributed by atoms with Crippen LogP contribution in [0.2, 0.25) is 0 Å². The van der Waals surface area contributed by atoms with Gasteiger partial charge in [-0.15, -0.1) is 0 Å². The van der Waals surface area contributed by atoms with Gasteiger partial charge in [-0.25, -0.2) is 4.79 Å². The molecule has 0 aromatic heterocycles. The number of aliphatic hydroxyl groups excluding tert-OH is 2. The molecule has 1 aliphatic heterocycles. The molecular weight excluding hydrogens is 1070 g/mol. The van der Waals surface area contributed by atoms with Crippen LogP contribution in [-0.4, -0.2) is 89.2 Å². The minimum Gasteiger partial charge on any atom is -0.479 e. The molecule has 0 amide bonds. The van der Waals surface area contributed by atoms with Gasteiger partial charge in [-0.2, -0.15) is 0 Å². The number of rotatable bonds is 59. The molecule has 488 valence electrons. The number of hydrogen-bond acceptors (Lipinski definition) is 11. The number of carbonyl (C=O) groups is 4. The molecule has 0 aromatic carbocycles. The quantitative estimate of drug-likeness (QED) is 0.0228. The highest BCUT2D eigenvalue weighted by Gasteiger charge is 2.50. The van der Waals surface area contributed by atoms with Crippen LogP contribution in [0, 0.1) is 0 Å². The highest BCUT2D eigenvalue weighted by Crippen LogP contribution is 2.27. The number of carboxylic acid groups (broad SMARTS) is 1. The first-order chi connectivity index (χ1) is 41.6. The second-order valence-electron chi connectivity index (χ2n) is 23.4. The zero-order valence-electron chi connectivity index (χ0n) is 54.1. The van der Waals surface area contributed by atoms with Crippen molar-refractivity contribution in [2.45, 2.75) is 340 Å². The topological polar surface area (TPSA) is 175 Å². The number of carboxylic acids is 1. The Bertz CT molecular complexity index is 1800. The van der Waals surface area contributed by atoms with Gasteiger partial charge in [0.2, 0.25) is 0 Å². The van der Waals surface area contributed by atoms with Crippen LogP contribution >= 0.6 is 0 Å². The third-order valence-corrected chi connectivity index (χ3v) is 15.5. The summed E-state index contributed by atoms with van der Waals surface area (Å²) >= 11 is 0. The van der Waals surface area contributed by atoms with Crippen LogP contribution in [0.4, 0.5) is 0 Å². The Kier molecular flexibility index (Phi) is 55.9. The van der Waals surface area contributed by atoms with Gasteiger partial charge in [0.25, 0.3) is 0 Å². The van der Waals surface area contributed by atoms with Crippen molar-refractivity contribution >= 4 is 23.9 Å². The lowest BCUT2D eigenvalue weighted by Crippen LogP contribution is -2.61. The number of esters is 3. The Hall–Kier alpha value is -4.10. The zero-order valence-corrected chi connectivity index (χ0v) is 54.1. The SMILES string of the molecule is CC/C=C\C/C=C\C/C=C\C/C=C\C/C=C\C/C=C\CCC(=O)OCC(COC1OC(C(=O)O)C(O)C(O)C1OC(=O)CCCCCCCCCCC/C=C\CCCCCCCC)OC(=O)CCCCCCCCCCCCCCCCCCC. The second kappa shape index (κ2) is 60.2. The zero-order chi connectivity index (χ0) is 61.7. The third-order valence-electron chi connectivity index (χ3n) is 15.5. The van der Waals surface area contributed by atoms with Crippen molar-refractivity contribution < 1.29 is 58.2 Å². The van der Waals surface area contributed by atoms with Gasteiger partial charge in [0.05, 0.1) is 6.61 Å². The summed E-state index contributed by atoms with van der Waals surface area (Å²) in [6.07, 6.45) is 66.9. The first-order valence-corrected chi connectivity index (χ1v) is 34.6. The first kappa shape index (κ1) is 78.9. The van der Waals surface area contributed by atoms with Crippen molar-refractivity contribution in [2.75, 3.05) is 13.2 Å². The van der Waals surface area contributed by atoms with Crippen LogP contribution < -0.4 is 0 Å². The van der Waals surface area contributed by atoms with E-state index in [4.69, 9.17) is 23.7 Å². The largest absolute Gasteiger partial charge is 0.479 e. The van der Waals surface area contributed by atoms with Crippen LogP contribution in [0.25, 0.3) is 0 Å². The summed E-state index contributed by atoms with van der Waals surface area (Å²) in [4.78, 5) is 51.4. The molecule has 1 rings (SSSR count). The van der Waals surface area contributed by atoms with Crippen molar-refractivity contribution in [3.05, 3.63) is 85.1 Å². The molecule has 1 saturated heterocycles. The number of aliphatic hydroxyl groups is 2. The lowest BCUT2D eigenvalue weighted by Gasteiger charge is -2.40. The lowest BCUT2D eigenvalue weighted by atomic mass is 9.98. The Morgan fingerprint density at radius 1 is 0.400 bits per heavy atom. The minimum atomic E-state index is -1.92. The summed E-state index contributed by atoms with van der Waals surface area (Å²) in [5.74, 6) is -3.21. The molecule has 1 heterocycles. The van der Waals surface area contributed by atoms with Gasteiger partial charge in [-0.1, -0.05) is 286 Å². The number of ether oxygens (including phenoxy) is 5. The Morgan fingerprint density at radius 2 is 0.765 bits per heavy atom. The molecule has 0 spiro atoms. The molecule has 6 unspecified atom stereocenters. The fourth-order valence-electron chi connectivity index (χ4n) is 10.2. The predicted octanol–water partition coefficient (Wildman–Crippen LogP) is 19.0. The smallest absolute Gasteiger partial charge is 0.335 e. The Labute approximate surface area is 518 Å². The average Bonchev–Trinajstić information content (AvgIpc) is 3.51. The van der Waals surface area contributed by atoms with Crippen molar-refractivity contribution in [3.63, 3.8) is 0 Å². The van der Waals surface area contributed by atoms with Crippen molar-refractivity contribution in [2.24, 2.45) is 0 Å². The maximum atomic E-state index is 13.2. The number of aliphatic carboxylic acids is 1. The van der Waals surface area contributed by atoms with E-state index in [1.807, 2.05) is 12.2 Å². The monoisotopic (exact) mass is 1190 g/mol. The van der Waals surface area contributed by atoms with Crippen LogP contribution in [0.15, 0.2) is 85.1 Å². The van der Waals surface area contributed by atoms with E-state index in [2.05, 4.69) is 93.7 Å². The fourth-order valence-corrected chi connectivity index (χ4v) is 10.2. The Morgan fingerprint density at radius 3 is 1.18 bits per heavy atom. The van der Waals surface area contributed by atoms with Crippen LogP contribution in [0.1, 0.15) is 303 Å². The van der Waals surface area contributed by atoms with E-state index in [9.17, 15) is 34.5 Å². The van der Waals surface area contributed by atoms with Gasteiger partial charge >= 0.3 is 23.9 Å². The van der Waals surface area contributed by atoms with Crippen molar-refractivity contribution in [1.29, 1.82) is 0 Å². The van der Waals surface area contributed by atoms with Gasteiger partial charge in [0, 0.05) is 19.3 Å². The van der Waals surface area contributed by atoms with E-state index >= 15 is 0 Å². The van der Waals surface area contributed by atoms with Gasteiger partial charge in [-0.3, -0.25) is 14.4 Å². The summed E-state index contributed by atoms with van der Waals surface area (Å²) in [6, 6.07) is 0. The predicted molar refractivity (Wildman–Crippen MR) is 349 cm³/mol. The van der Waals surface area contributed by atoms with Crippen molar-refractivity contribution in [1.82, 2.24) is 0 Å². The number of allylic oxidation sites excluding steroid dienone is 14. The molecule has 12 heteroatoms. The van der Waals surface area contributed by atoms with Gasteiger partial charge in [-0.05, 0) is 83.5 Å². The van der Waals surface area contributed by atoms with E-state index in [0.29, 0.717) is 19.3 Å². The summed E-state index contributed by atoms with van der Waals surface area (Å²) < 4.78 is 28.5. The second-order valence-corrected chi connectivity index (χ2v) is 23.4. The van der Waals surface area contributed by atoms with E-state index in [-0.39, 0.29) is 25.9 Å². The first-order valence-electron chi connectivity index (χ1n) is 34.6. The average molecular weight is 1190 g/mol. The molecule has 0 bridgehead atoms. The summed E-state index contributed by atoms with van der Waals surface area (Å²) in [5.41, 5.74) is 0. The third kappa shape index (κ3) is 49.6. The van der Waals surface area contributed by atoms with Gasteiger partial charge < -0.3 is 39.0 Å². The maximum absolute atomic E-state index is 13.2. The highest BCUT2D eigenvalue weighted by molar-refractivity contribution is 5.74. The molecule has 0 saturated carbocycles. The standard InChI is InChI=1S/C73H124O12/c1-4-7-10-13-16-19-22-25-28-31-33-36-38-41-44-47-50-53-56-59-65(74)81-62-64(83-66(75)60-57-54-51-48-45-42-39-35-30-27-24-21-18-15-12-9-6-3)63-82-73-71(69(78)68(77)70(85-73)72(79)80)84-67(76)61-58-55-52-49-46-43-40-37-34-32-29-26-23-20-17-14-11-8-5-2/h7,10,16,19,25-26,28-29,33,36,41,44,50,53,64,68-71,73,77-78H,4-6,8-9,11-15,17-18,20-24,27,30-32,34-35,37-40,42-43,45-49,51-52,54-63H2,1-3H3,(H,79,80)/b10-7-,19-16-,28-25-,29-26-,36-33-,44-41-,53-50-. The molecule has 12 nitrogen and oxygen atoms in total. The molecule has 85 heavy (non-hydrogen) atoms. The van der Waals surface area contributed by atoms with Crippen LogP contribution in [-0.2, 0) is 42.9 Å². The van der Waals surface area contributed by atoms with Gasteiger partial charge in [0.1, 0.15) is 18.8 Å². The van der Waals surface area contributed by atoms with Crippen molar-refractivity contribution in [3.8, 4) is 0 Å². The highest BCUT2D eigenvalue weighted by atomic mass is 16.7. The number of carbonyl (C=O) groups excluding carboxylic acids is 3. The number of unbranched alkanes of at least 4 members (excludes halogenated alkanes) is 31. The summed E-state index contributed by atoms with van der Waals surface area (Å²) in [6.45, 7) is 5.86. The van der Waals surface area contributed by atoms with Crippen LogP contribution in [0.5, 0.6) is 0 Å². The normalized spacial score (nSPS) is 18.0. The molecule has 3 N–H and O–H groups in total. The molecule has 1 fully saturated rings. The minimum absolute atomic E-state index is 0.0505. The maximum Gasteiger partial charge on any atom is 0.335 e. The molecule has 1 aliphatic rings. The van der Waals surface area contributed by atoms with E-state index in [1.165, 1.54) is 154 Å². The van der Waals surface area contributed by atoms with Crippen LogP contribution in [0.3, 0.4) is 0 Å². The van der Waals surface area contributed by atoms with E-state index in [1.54, 1.807) is 0 Å². The Balaban J connectivity index is 2.68.